The molecule has 2 aromatic rings. The summed E-state index contributed by atoms with van der Waals surface area (Å²) in [5.74, 6) is 0.364. The number of carbonyl (C=O) groups is 5. The van der Waals surface area contributed by atoms with Gasteiger partial charge in [-0.25, -0.2) is 0 Å². The van der Waals surface area contributed by atoms with Gasteiger partial charge in [-0.15, -0.1) is 0 Å². The fourth-order valence-corrected chi connectivity index (χ4v) is 7.24. The molecule has 3 atom stereocenters. The van der Waals surface area contributed by atoms with E-state index in [1.165, 1.54) is 20.3 Å². The molecule has 46 heavy (non-hydrogen) atoms. The lowest BCUT2D eigenvalue weighted by Gasteiger charge is -2.33. The maximum atomic E-state index is 13.8. The highest BCUT2D eigenvalue weighted by atomic mass is 16.2. The Balaban J connectivity index is 0.00000236. The summed E-state index contributed by atoms with van der Waals surface area (Å²) in [7, 11) is 0. The Morgan fingerprint density at radius 3 is 2.07 bits per heavy atom. The lowest BCUT2D eigenvalue weighted by Crippen LogP contribution is -2.30. The Bertz CT molecular complexity index is 1410. The monoisotopic (exact) mass is 630 g/mol. The molecule has 3 rings (SSSR count). The minimum Gasteiger partial charge on any atom is -0.300 e. The topological polar surface area (TPSA) is 85.3 Å². The summed E-state index contributed by atoms with van der Waals surface area (Å²) in [4.78, 5) is 64.0. The first-order chi connectivity index (χ1) is 21.7. The molecule has 0 radical (unpaired) electrons. The lowest BCUT2D eigenvalue weighted by atomic mass is 9.70. The molecule has 0 amide bonds. The number of benzene rings is 2. The van der Waals surface area contributed by atoms with Crippen LogP contribution in [0.4, 0.5) is 0 Å². The second-order valence-electron chi connectivity index (χ2n) is 13.9. The van der Waals surface area contributed by atoms with Gasteiger partial charge in [-0.1, -0.05) is 84.6 Å². The van der Waals surface area contributed by atoms with Crippen LogP contribution in [0.15, 0.2) is 24.3 Å². The fraction of sp³-hybridized carbons (Fsp3) is 0.585. The van der Waals surface area contributed by atoms with E-state index in [4.69, 9.17) is 0 Å². The van der Waals surface area contributed by atoms with E-state index in [0.717, 1.165) is 64.6 Å². The molecular formula is C41H58O5. The molecule has 0 heterocycles. The molecule has 5 heteroatoms. The quantitative estimate of drug-likeness (QED) is 0.145. The Morgan fingerprint density at radius 1 is 0.891 bits per heavy atom. The maximum absolute atomic E-state index is 13.8. The minimum atomic E-state index is -0.155. The van der Waals surface area contributed by atoms with Crippen LogP contribution in [-0.4, -0.2) is 28.9 Å². The van der Waals surface area contributed by atoms with Gasteiger partial charge in [0, 0.05) is 36.3 Å². The first-order valence-electron chi connectivity index (χ1n) is 17.5. The van der Waals surface area contributed by atoms with E-state index in [1.54, 1.807) is 0 Å². The van der Waals surface area contributed by atoms with E-state index in [2.05, 4.69) is 40.7 Å². The predicted octanol–water partition coefficient (Wildman–Crippen LogP) is 9.53. The van der Waals surface area contributed by atoms with Gasteiger partial charge < -0.3 is 0 Å². The highest BCUT2D eigenvalue weighted by Crippen LogP contribution is 2.40. The summed E-state index contributed by atoms with van der Waals surface area (Å²) in [6, 6.07) is 7.77. The molecule has 0 saturated carbocycles. The Kier molecular flexibility index (Phi) is 15.4. The van der Waals surface area contributed by atoms with E-state index < -0.39 is 0 Å². The van der Waals surface area contributed by atoms with Crippen molar-refractivity contribution >= 4 is 28.9 Å². The van der Waals surface area contributed by atoms with Crippen LogP contribution in [0.25, 0.3) is 0 Å². The van der Waals surface area contributed by atoms with Crippen molar-refractivity contribution in [2.45, 2.75) is 139 Å². The van der Waals surface area contributed by atoms with Crippen LogP contribution in [-0.2, 0) is 33.6 Å². The van der Waals surface area contributed by atoms with Gasteiger partial charge in [-0.2, -0.15) is 0 Å². The number of hydrogen-bond donors (Lipinski definition) is 0. The second-order valence-corrected chi connectivity index (χ2v) is 13.9. The van der Waals surface area contributed by atoms with Gasteiger partial charge in [0.05, 0.1) is 6.42 Å². The lowest BCUT2D eigenvalue weighted by molar-refractivity contribution is -0.130. The Morgan fingerprint density at radius 2 is 1.52 bits per heavy atom. The molecule has 1 aliphatic rings. The van der Waals surface area contributed by atoms with Crippen LogP contribution in [0.1, 0.15) is 160 Å². The molecule has 0 aromatic heterocycles. The zero-order valence-corrected chi connectivity index (χ0v) is 30.2. The molecule has 2 aromatic carbocycles. The smallest absolute Gasteiger partial charge is 0.163 e. The average Bonchev–Trinajstić information content (AvgIpc) is 2.95. The van der Waals surface area contributed by atoms with E-state index in [9.17, 15) is 24.0 Å². The number of hydrogen-bond acceptors (Lipinski definition) is 5. The molecule has 0 fully saturated rings. The van der Waals surface area contributed by atoms with Crippen molar-refractivity contribution in [1.29, 1.82) is 0 Å². The number of fused-ring (bicyclic) bond motifs is 1. The van der Waals surface area contributed by atoms with Crippen LogP contribution < -0.4 is 0 Å². The maximum Gasteiger partial charge on any atom is 0.163 e. The van der Waals surface area contributed by atoms with Crippen LogP contribution in [0, 0.1) is 31.6 Å². The van der Waals surface area contributed by atoms with Crippen LogP contribution in [0.2, 0.25) is 0 Å². The Labute approximate surface area is 278 Å². The van der Waals surface area contributed by atoms with E-state index >= 15 is 0 Å². The van der Waals surface area contributed by atoms with Crippen molar-refractivity contribution in [3.05, 3.63) is 68.8 Å². The highest BCUT2D eigenvalue weighted by Gasteiger charge is 2.35. The summed E-state index contributed by atoms with van der Waals surface area (Å²) in [5.41, 5.74) is 7.09. The summed E-state index contributed by atoms with van der Waals surface area (Å²) >= 11 is 0. The number of ketones is 5. The Hall–Kier alpha value is -3.21. The number of aryl methyl sites for hydroxylation is 1. The molecule has 0 N–H and O–H groups in total. The van der Waals surface area contributed by atoms with Crippen molar-refractivity contribution in [3.63, 3.8) is 0 Å². The summed E-state index contributed by atoms with van der Waals surface area (Å²) in [5, 5.41) is 0. The van der Waals surface area contributed by atoms with Gasteiger partial charge in [0.25, 0.3) is 0 Å². The van der Waals surface area contributed by atoms with Gasteiger partial charge in [-0.05, 0) is 98.6 Å². The standard InChI is InChI=1S/C38H50O5.C3H8/c1-9-11-28(32(10-2)36(42)15-24(6)39)16-27-17-35-33(22(3)4)21-30(25(7)38(35)37(43)18-27)20-31(41)19-29-13-12-23(5)14-34(29)26(8)40;1-3-2/h12-14,21-22,27-28,32H,9-11,15-20H2,1-8H3;3H2,1-2H3. The SMILES string of the molecule is CCC.CCCC(CC1CC(=O)c2c(C)c(CC(=O)Cc3ccc(C)cc3C(C)=O)cc(C(C)C)c2C1)C(CC)C(=O)CC(C)=O. The normalized spacial score (nSPS) is 15.5. The van der Waals surface area contributed by atoms with E-state index in [1.807, 2.05) is 39.0 Å². The van der Waals surface area contributed by atoms with Gasteiger partial charge >= 0.3 is 0 Å². The van der Waals surface area contributed by atoms with Crippen molar-refractivity contribution < 1.29 is 24.0 Å². The first-order valence-corrected chi connectivity index (χ1v) is 17.5. The van der Waals surface area contributed by atoms with Crippen molar-refractivity contribution in [2.24, 2.45) is 17.8 Å². The van der Waals surface area contributed by atoms with Crippen molar-refractivity contribution in [2.75, 3.05) is 0 Å². The van der Waals surface area contributed by atoms with Gasteiger partial charge in [0.1, 0.15) is 17.3 Å². The third kappa shape index (κ3) is 10.4. The molecule has 0 aliphatic heterocycles. The van der Waals surface area contributed by atoms with Gasteiger partial charge in [-0.3, -0.25) is 24.0 Å². The highest BCUT2D eigenvalue weighted by molar-refractivity contribution is 6.02. The summed E-state index contributed by atoms with van der Waals surface area (Å²) in [6.45, 7) is 19.6. The summed E-state index contributed by atoms with van der Waals surface area (Å²) in [6.07, 6.45) is 6.22. The van der Waals surface area contributed by atoms with Crippen LogP contribution in [0.3, 0.4) is 0 Å². The predicted molar refractivity (Wildman–Crippen MR) is 188 cm³/mol. The zero-order chi connectivity index (χ0) is 34.7. The van der Waals surface area contributed by atoms with Gasteiger partial charge in [0.2, 0.25) is 0 Å². The van der Waals surface area contributed by atoms with Crippen LogP contribution in [0.5, 0.6) is 0 Å². The van der Waals surface area contributed by atoms with E-state index in [0.29, 0.717) is 18.4 Å². The third-order valence-corrected chi connectivity index (χ3v) is 9.27. The number of Topliss-reactive ketones (excluding diaryl/α,β-unsaturated/α-hetero) is 5. The first kappa shape index (κ1) is 39.0. The molecule has 3 unspecified atom stereocenters. The zero-order valence-electron chi connectivity index (χ0n) is 30.2. The van der Waals surface area contributed by atoms with Crippen molar-refractivity contribution in [1.82, 2.24) is 0 Å². The molecule has 252 valence electrons. The molecule has 5 nitrogen and oxygen atoms in total. The molecule has 1 aliphatic carbocycles. The number of carbonyl (C=O) groups excluding carboxylic acids is 5. The van der Waals surface area contributed by atoms with E-state index in [-0.39, 0.29) is 71.9 Å². The van der Waals surface area contributed by atoms with Crippen molar-refractivity contribution in [3.8, 4) is 0 Å². The largest absolute Gasteiger partial charge is 0.300 e. The summed E-state index contributed by atoms with van der Waals surface area (Å²) < 4.78 is 0. The van der Waals surface area contributed by atoms with Gasteiger partial charge in [0.15, 0.2) is 11.6 Å². The molecular weight excluding hydrogens is 572 g/mol. The molecule has 0 bridgehead atoms. The number of rotatable bonds is 15. The minimum absolute atomic E-state index is 0.0106. The fourth-order valence-electron chi connectivity index (χ4n) is 7.24. The molecule has 0 spiro atoms. The average molecular weight is 631 g/mol. The van der Waals surface area contributed by atoms with Crippen LogP contribution >= 0.6 is 0 Å². The molecule has 0 saturated heterocycles. The second kappa shape index (κ2) is 18.2. The third-order valence-electron chi connectivity index (χ3n) is 9.27.